The molecule has 0 bridgehead atoms. The van der Waals surface area contributed by atoms with Crippen LogP contribution in [0.4, 0.5) is 4.39 Å². The molecular weight excluding hydrogens is 417 g/mol. The monoisotopic (exact) mass is 433 g/mol. The molecule has 1 aromatic heterocycles. The number of imidazole rings is 1. The Morgan fingerprint density at radius 1 is 1.23 bits per heavy atom. The highest BCUT2D eigenvalue weighted by Crippen LogP contribution is 2.22. The number of nitrogens with one attached hydrogen (secondary N) is 1. The van der Waals surface area contributed by atoms with Gasteiger partial charge in [-0.05, 0) is 48.9 Å². The first-order chi connectivity index (χ1) is 12.5. The van der Waals surface area contributed by atoms with Crippen molar-refractivity contribution in [2.45, 2.75) is 18.1 Å². The molecule has 0 saturated heterocycles. The van der Waals surface area contributed by atoms with Crippen LogP contribution < -0.4 is 5.32 Å². The van der Waals surface area contributed by atoms with E-state index in [4.69, 9.17) is 0 Å². The zero-order valence-corrected chi connectivity index (χ0v) is 16.4. The molecule has 0 aliphatic rings. The number of benzene rings is 2. The van der Waals surface area contributed by atoms with Crippen molar-refractivity contribution in [1.29, 1.82) is 0 Å². The Morgan fingerprint density at radius 3 is 2.62 bits per heavy atom. The molecule has 0 aliphatic heterocycles. The number of halogens is 2. The van der Waals surface area contributed by atoms with Crippen LogP contribution in [0.5, 0.6) is 0 Å². The minimum Gasteiger partial charge on any atom is -0.349 e. The molecule has 134 valence electrons. The van der Waals surface area contributed by atoms with E-state index in [1.807, 2.05) is 42.0 Å². The van der Waals surface area contributed by atoms with Crippen molar-refractivity contribution in [2.75, 3.05) is 5.75 Å². The standard InChI is InChI=1S/C19H17BrFN3OS/c1-13(14-2-6-16(21)7-3-14)23-18(25)12-26-19-22-10-11-24(19)17-8-4-15(20)5-9-17/h2-11,13H,12H2,1H3,(H,23,25). The first-order valence-electron chi connectivity index (χ1n) is 8.00. The minimum absolute atomic E-state index is 0.0998. The van der Waals surface area contributed by atoms with Gasteiger partial charge >= 0.3 is 0 Å². The lowest BCUT2D eigenvalue weighted by molar-refractivity contribution is -0.119. The lowest BCUT2D eigenvalue weighted by Gasteiger charge is -2.14. The average molecular weight is 434 g/mol. The van der Waals surface area contributed by atoms with Crippen molar-refractivity contribution in [2.24, 2.45) is 0 Å². The van der Waals surface area contributed by atoms with Gasteiger partial charge in [-0.1, -0.05) is 39.8 Å². The van der Waals surface area contributed by atoms with Crippen molar-refractivity contribution in [1.82, 2.24) is 14.9 Å². The van der Waals surface area contributed by atoms with Gasteiger partial charge in [-0.3, -0.25) is 9.36 Å². The number of aromatic nitrogens is 2. The van der Waals surface area contributed by atoms with Gasteiger partial charge in [-0.15, -0.1) is 0 Å². The second-order valence-corrected chi connectivity index (χ2v) is 7.54. The van der Waals surface area contributed by atoms with E-state index in [9.17, 15) is 9.18 Å². The van der Waals surface area contributed by atoms with E-state index in [1.54, 1.807) is 18.3 Å². The number of carbonyl (C=O) groups is 1. The van der Waals surface area contributed by atoms with Gasteiger partial charge in [-0.25, -0.2) is 9.37 Å². The summed E-state index contributed by atoms with van der Waals surface area (Å²) in [5, 5.41) is 3.67. The third-order valence-electron chi connectivity index (χ3n) is 3.79. The molecule has 0 aliphatic carbocycles. The zero-order chi connectivity index (χ0) is 18.5. The van der Waals surface area contributed by atoms with Gasteiger partial charge in [0.2, 0.25) is 5.91 Å². The van der Waals surface area contributed by atoms with Crippen LogP contribution in [0.25, 0.3) is 5.69 Å². The van der Waals surface area contributed by atoms with Gasteiger partial charge in [0.15, 0.2) is 5.16 Å². The Labute approximate surface area is 164 Å². The Hall–Kier alpha value is -2.12. The normalized spacial score (nSPS) is 12.0. The molecule has 3 aromatic rings. The van der Waals surface area contributed by atoms with Crippen molar-refractivity contribution < 1.29 is 9.18 Å². The van der Waals surface area contributed by atoms with Crippen LogP contribution >= 0.6 is 27.7 Å². The Morgan fingerprint density at radius 2 is 1.92 bits per heavy atom. The highest BCUT2D eigenvalue weighted by molar-refractivity contribution is 9.10. The summed E-state index contributed by atoms with van der Waals surface area (Å²) in [5.41, 5.74) is 1.84. The smallest absolute Gasteiger partial charge is 0.230 e. The molecule has 0 radical (unpaired) electrons. The van der Waals surface area contributed by atoms with Gasteiger partial charge < -0.3 is 5.32 Å². The predicted molar refractivity (Wildman–Crippen MR) is 105 cm³/mol. The van der Waals surface area contributed by atoms with E-state index in [0.29, 0.717) is 0 Å². The maximum Gasteiger partial charge on any atom is 0.230 e. The molecule has 0 saturated carbocycles. The zero-order valence-electron chi connectivity index (χ0n) is 14.0. The quantitative estimate of drug-likeness (QED) is 0.570. The molecule has 1 heterocycles. The summed E-state index contributed by atoms with van der Waals surface area (Å²) in [6.07, 6.45) is 3.58. The lowest BCUT2D eigenvalue weighted by atomic mass is 10.1. The van der Waals surface area contributed by atoms with Crippen LogP contribution in [0.1, 0.15) is 18.5 Å². The largest absolute Gasteiger partial charge is 0.349 e. The van der Waals surface area contributed by atoms with E-state index in [0.717, 1.165) is 20.9 Å². The van der Waals surface area contributed by atoms with E-state index < -0.39 is 0 Å². The van der Waals surface area contributed by atoms with Gasteiger partial charge in [0.05, 0.1) is 11.8 Å². The molecule has 2 aromatic carbocycles. The number of thioether (sulfide) groups is 1. The SMILES string of the molecule is CC(NC(=O)CSc1nccn1-c1ccc(Br)cc1)c1ccc(F)cc1. The Bertz CT molecular complexity index is 881. The van der Waals surface area contributed by atoms with Gasteiger partial charge in [-0.2, -0.15) is 0 Å². The van der Waals surface area contributed by atoms with Crippen LogP contribution in [-0.4, -0.2) is 21.2 Å². The van der Waals surface area contributed by atoms with Crippen LogP contribution in [-0.2, 0) is 4.79 Å². The molecule has 1 unspecified atom stereocenters. The fourth-order valence-corrected chi connectivity index (χ4v) is 3.49. The highest BCUT2D eigenvalue weighted by atomic mass is 79.9. The number of hydrogen-bond donors (Lipinski definition) is 1. The highest BCUT2D eigenvalue weighted by Gasteiger charge is 2.12. The molecule has 3 rings (SSSR count). The van der Waals surface area contributed by atoms with Crippen molar-refractivity contribution in [3.05, 3.63) is 76.8 Å². The van der Waals surface area contributed by atoms with Gasteiger partial charge in [0.1, 0.15) is 5.82 Å². The van der Waals surface area contributed by atoms with Gasteiger partial charge in [0, 0.05) is 22.6 Å². The molecule has 1 amide bonds. The topological polar surface area (TPSA) is 46.9 Å². The second-order valence-electron chi connectivity index (χ2n) is 5.69. The van der Waals surface area contributed by atoms with E-state index in [2.05, 4.69) is 26.2 Å². The fourth-order valence-electron chi connectivity index (χ4n) is 2.44. The Kier molecular flexibility index (Phi) is 6.11. The summed E-state index contributed by atoms with van der Waals surface area (Å²) in [6.45, 7) is 1.87. The summed E-state index contributed by atoms with van der Waals surface area (Å²) in [4.78, 5) is 16.6. The molecule has 26 heavy (non-hydrogen) atoms. The van der Waals surface area contributed by atoms with E-state index in [-0.39, 0.29) is 23.5 Å². The number of carbonyl (C=O) groups excluding carboxylic acids is 1. The molecule has 1 N–H and O–H groups in total. The van der Waals surface area contributed by atoms with Crippen LogP contribution in [0.3, 0.4) is 0 Å². The minimum atomic E-state index is -0.289. The third kappa shape index (κ3) is 4.74. The Balaban J connectivity index is 1.59. The molecule has 4 nitrogen and oxygen atoms in total. The molecule has 0 fully saturated rings. The van der Waals surface area contributed by atoms with Crippen LogP contribution in [0.15, 0.2) is 70.6 Å². The number of rotatable bonds is 6. The fraction of sp³-hybridized carbons (Fsp3) is 0.158. The lowest BCUT2D eigenvalue weighted by Crippen LogP contribution is -2.28. The maximum absolute atomic E-state index is 13.0. The summed E-state index contributed by atoms with van der Waals surface area (Å²) >= 11 is 4.79. The molecule has 7 heteroatoms. The maximum atomic E-state index is 13.0. The predicted octanol–water partition coefficient (Wildman–Crippen LogP) is 4.74. The molecule has 0 spiro atoms. The van der Waals surface area contributed by atoms with Gasteiger partial charge in [0.25, 0.3) is 0 Å². The van der Waals surface area contributed by atoms with Crippen molar-refractivity contribution in [3.8, 4) is 5.69 Å². The summed E-state index contributed by atoms with van der Waals surface area (Å²) in [6, 6.07) is 13.8. The van der Waals surface area contributed by atoms with Crippen molar-refractivity contribution in [3.63, 3.8) is 0 Å². The number of hydrogen-bond acceptors (Lipinski definition) is 3. The van der Waals surface area contributed by atoms with Crippen LogP contribution in [0.2, 0.25) is 0 Å². The summed E-state index contributed by atoms with van der Waals surface area (Å²) in [5.74, 6) is -0.140. The summed E-state index contributed by atoms with van der Waals surface area (Å²) < 4.78 is 15.9. The summed E-state index contributed by atoms with van der Waals surface area (Å²) in [7, 11) is 0. The number of nitrogens with zero attached hydrogens (tertiary/aromatic N) is 2. The van der Waals surface area contributed by atoms with E-state index >= 15 is 0 Å². The van der Waals surface area contributed by atoms with Crippen LogP contribution in [0, 0.1) is 5.82 Å². The first kappa shape index (κ1) is 18.7. The average Bonchev–Trinajstić information content (AvgIpc) is 3.09. The second kappa shape index (κ2) is 8.51. The van der Waals surface area contributed by atoms with Crippen molar-refractivity contribution >= 4 is 33.6 Å². The number of amides is 1. The molecule has 1 atom stereocenters. The third-order valence-corrected chi connectivity index (χ3v) is 5.29. The first-order valence-corrected chi connectivity index (χ1v) is 9.78. The van der Waals surface area contributed by atoms with E-state index in [1.165, 1.54) is 23.9 Å². The molecular formula is C19H17BrFN3OS.